The number of amides is 1. The van der Waals surface area contributed by atoms with E-state index in [1.807, 2.05) is 29.2 Å². The number of rotatable bonds is 4. The van der Waals surface area contributed by atoms with E-state index in [2.05, 4.69) is 22.1 Å². The molecule has 7 heteroatoms. The number of fused-ring (bicyclic) bond motifs is 1. The zero-order chi connectivity index (χ0) is 20.0. The number of hydrogen-bond acceptors (Lipinski definition) is 6. The maximum atomic E-state index is 13.1. The van der Waals surface area contributed by atoms with Gasteiger partial charge < -0.3 is 19.4 Å². The summed E-state index contributed by atoms with van der Waals surface area (Å²) in [6.45, 7) is 2.59. The summed E-state index contributed by atoms with van der Waals surface area (Å²) in [5.41, 5.74) is 1.47. The van der Waals surface area contributed by atoms with Gasteiger partial charge in [-0.25, -0.2) is 0 Å². The van der Waals surface area contributed by atoms with Gasteiger partial charge in [0.2, 0.25) is 11.7 Å². The first kappa shape index (κ1) is 18.8. The summed E-state index contributed by atoms with van der Waals surface area (Å²) in [5.74, 6) is 1.78. The molecule has 1 aliphatic carbocycles. The number of carbonyl (C=O) groups is 1. The lowest BCUT2D eigenvalue weighted by atomic mass is 9.69. The number of carbonyl (C=O) groups excluding carboxylic acids is 1. The number of aliphatic hydroxyl groups is 1. The number of likely N-dealkylation sites (N-methyl/N-ethyl adjacent to an activating group) is 1. The molecule has 29 heavy (non-hydrogen) atoms. The van der Waals surface area contributed by atoms with Crippen molar-refractivity contribution >= 4 is 5.91 Å². The highest BCUT2D eigenvalue weighted by atomic mass is 16.5. The molecule has 3 aliphatic rings. The Kier molecular flexibility index (Phi) is 4.67. The van der Waals surface area contributed by atoms with E-state index >= 15 is 0 Å². The van der Waals surface area contributed by atoms with Crippen molar-refractivity contribution in [3.05, 3.63) is 35.7 Å². The van der Waals surface area contributed by atoms with Gasteiger partial charge >= 0.3 is 0 Å². The Bertz CT molecular complexity index is 892. The summed E-state index contributed by atoms with van der Waals surface area (Å²) < 4.78 is 5.33. The number of nitrogens with zero attached hydrogens (tertiary/aromatic N) is 4. The van der Waals surface area contributed by atoms with Crippen LogP contribution < -0.4 is 0 Å². The maximum Gasteiger partial charge on any atom is 0.253 e. The number of likely N-dealkylation sites (tertiary alicyclic amines) is 2. The molecule has 1 aromatic heterocycles. The highest BCUT2D eigenvalue weighted by Gasteiger charge is 2.47. The number of piperidine rings is 2. The molecule has 5 rings (SSSR count). The van der Waals surface area contributed by atoms with E-state index in [9.17, 15) is 9.90 Å². The largest absolute Gasteiger partial charge is 0.396 e. The topological polar surface area (TPSA) is 82.7 Å². The van der Waals surface area contributed by atoms with E-state index in [1.54, 1.807) is 0 Å². The average Bonchev–Trinajstić information content (AvgIpc) is 3.50. The van der Waals surface area contributed by atoms with Crippen LogP contribution in [0.25, 0.3) is 11.4 Å². The molecule has 2 aromatic rings. The molecule has 2 saturated heterocycles. The van der Waals surface area contributed by atoms with E-state index in [4.69, 9.17) is 4.52 Å². The Hall–Kier alpha value is -2.25. The lowest BCUT2D eigenvalue weighted by molar-refractivity contribution is -0.0601. The predicted molar refractivity (Wildman–Crippen MR) is 107 cm³/mol. The lowest BCUT2D eigenvalue weighted by Crippen LogP contribution is -2.62. The van der Waals surface area contributed by atoms with E-state index in [0.29, 0.717) is 30.4 Å². The van der Waals surface area contributed by atoms with Gasteiger partial charge in [0.15, 0.2) is 0 Å². The fraction of sp³-hybridized carbons (Fsp3) is 0.591. The molecule has 3 fully saturated rings. The van der Waals surface area contributed by atoms with E-state index in [-0.39, 0.29) is 24.0 Å². The van der Waals surface area contributed by atoms with Crippen molar-refractivity contribution in [2.45, 2.75) is 44.1 Å². The Morgan fingerprint density at radius 1 is 1.24 bits per heavy atom. The van der Waals surface area contributed by atoms with Crippen molar-refractivity contribution in [2.24, 2.45) is 5.41 Å². The molecule has 7 nitrogen and oxygen atoms in total. The summed E-state index contributed by atoms with van der Waals surface area (Å²) in [6.07, 6.45) is 5.26. The van der Waals surface area contributed by atoms with Gasteiger partial charge in [-0.1, -0.05) is 17.3 Å². The van der Waals surface area contributed by atoms with Crippen molar-refractivity contribution in [1.82, 2.24) is 19.9 Å². The van der Waals surface area contributed by atoms with Crippen molar-refractivity contribution in [3.63, 3.8) is 0 Å². The molecule has 1 aromatic carbocycles. The second-order valence-electron chi connectivity index (χ2n) is 8.93. The average molecular weight is 396 g/mol. The zero-order valence-electron chi connectivity index (χ0n) is 16.9. The van der Waals surface area contributed by atoms with Crippen LogP contribution in [0.2, 0.25) is 0 Å². The highest BCUT2D eigenvalue weighted by Crippen LogP contribution is 2.42. The van der Waals surface area contributed by atoms with Gasteiger partial charge in [0.1, 0.15) is 0 Å². The minimum atomic E-state index is -0.0640. The predicted octanol–water partition coefficient (Wildman–Crippen LogP) is 2.53. The first-order valence-corrected chi connectivity index (χ1v) is 10.6. The van der Waals surface area contributed by atoms with Crippen LogP contribution in [0.15, 0.2) is 28.8 Å². The molecular formula is C22H28N4O3. The van der Waals surface area contributed by atoms with Crippen molar-refractivity contribution in [1.29, 1.82) is 0 Å². The van der Waals surface area contributed by atoms with Crippen LogP contribution in [0.5, 0.6) is 0 Å². The first-order chi connectivity index (χ1) is 14.1. The quantitative estimate of drug-likeness (QED) is 0.855. The van der Waals surface area contributed by atoms with Crippen LogP contribution in [0.4, 0.5) is 0 Å². The molecule has 3 heterocycles. The van der Waals surface area contributed by atoms with Crippen LogP contribution >= 0.6 is 0 Å². The second kappa shape index (κ2) is 7.22. The molecule has 0 unspecified atom stereocenters. The number of hydrogen-bond donors (Lipinski definition) is 1. The molecule has 154 valence electrons. The number of benzene rings is 1. The fourth-order valence-corrected chi connectivity index (χ4v) is 4.99. The standard InChI is InChI=1S/C22H28N4O3/c1-25-11-2-9-22(14-27)10-12-26(13-18(22)25)21(28)17-7-3-15(4-8-17)19-23-20(29-24-19)16-5-6-16/h3-4,7-8,16,18,27H,2,5-6,9-14H2,1H3/t18-,22-/m1/s1. The van der Waals surface area contributed by atoms with Crippen LogP contribution in [-0.4, -0.2) is 70.3 Å². The van der Waals surface area contributed by atoms with Crippen LogP contribution in [-0.2, 0) is 0 Å². The monoisotopic (exact) mass is 396 g/mol. The van der Waals surface area contributed by atoms with Gasteiger partial charge in [-0.2, -0.15) is 4.98 Å². The fourth-order valence-electron chi connectivity index (χ4n) is 4.99. The Morgan fingerprint density at radius 3 is 2.76 bits per heavy atom. The Balaban J connectivity index is 1.30. The molecule has 1 saturated carbocycles. The minimum absolute atomic E-state index is 0.0499. The summed E-state index contributed by atoms with van der Waals surface area (Å²) in [6, 6.07) is 7.71. The minimum Gasteiger partial charge on any atom is -0.396 e. The molecular weight excluding hydrogens is 368 g/mol. The molecule has 1 N–H and O–H groups in total. The summed E-state index contributed by atoms with van der Waals surface area (Å²) >= 11 is 0. The number of aromatic nitrogens is 2. The lowest BCUT2D eigenvalue weighted by Gasteiger charge is -2.53. The smallest absolute Gasteiger partial charge is 0.253 e. The first-order valence-electron chi connectivity index (χ1n) is 10.6. The van der Waals surface area contributed by atoms with Crippen molar-refractivity contribution in [2.75, 3.05) is 33.3 Å². The van der Waals surface area contributed by atoms with E-state index in [0.717, 1.165) is 50.1 Å². The molecule has 2 atom stereocenters. The Labute approximate surface area is 170 Å². The molecule has 2 aliphatic heterocycles. The Morgan fingerprint density at radius 2 is 2.03 bits per heavy atom. The van der Waals surface area contributed by atoms with Crippen molar-refractivity contribution < 1.29 is 14.4 Å². The summed E-state index contributed by atoms with van der Waals surface area (Å²) in [7, 11) is 2.11. The number of aliphatic hydroxyl groups excluding tert-OH is 1. The van der Waals surface area contributed by atoms with Gasteiger partial charge in [-0.15, -0.1) is 0 Å². The molecule has 0 radical (unpaired) electrons. The van der Waals surface area contributed by atoms with Crippen LogP contribution in [0.1, 0.15) is 54.3 Å². The van der Waals surface area contributed by atoms with Gasteiger partial charge in [0.25, 0.3) is 5.91 Å². The third kappa shape index (κ3) is 3.36. The van der Waals surface area contributed by atoms with Gasteiger partial charge in [-0.3, -0.25) is 4.79 Å². The van der Waals surface area contributed by atoms with Gasteiger partial charge in [0.05, 0.1) is 6.61 Å². The van der Waals surface area contributed by atoms with Crippen molar-refractivity contribution in [3.8, 4) is 11.4 Å². The highest BCUT2D eigenvalue weighted by molar-refractivity contribution is 5.94. The maximum absolute atomic E-state index is 13.1. The third-order valence-electron chi connectivity index (χ3n) is 7.06. The molecule has 0 bridgehead atoms. The van der Waals surface area contributed by atoms with Gasteiger partial charge in [0, 0.05) is 41.6 Å². The third-order valence-corrected chi connectivity index (χ3v) is 7.06. The van der Waals surface area contributed by atoms with Crippen LogP contribution in [0, 0.1) is 5.41 Å². The normalized spacial score (nSPS) is 27.7. The zero-order valence-corrected chi connectivity index (χ0v) is 16.9. The molecule has 0 spiro atoms. The van der Waals surface area contributed by atoms with Crippen LogP contribution in [0.3, 0.4) is 0 Å². The van der Waals surface area contributed by atoms with E-state index in [1.165, 1.54) is 0 Å². The second-order valence-corrected chi connectivity index (χ2v) is 8.93. The molecule has 1 amide bonds. The van der Waals surface area contributed by atoms with Gasteiger partial charge in [-0.05, 0) is 57.8 Å². The SMILES string of the molecule is CN1CCC[C@]2(CO)CCN(C(=O)c3ccc(-c4noc(C5CC5)n4)cc3)C[C@@H]12. The van der Waals surface area contributed by atoms with E-state index < -0.39 is 0 Å². The summed E-state index contributed by atoms with van der Waals surface area (Å²) in [5, 5.41) is 14.1. The summed E-state index contributed by atoms with van der Waals surface area (Å²) in [4.78, 5) is 21.8.